The van der Waals surface area contributed by atoms with Crippen molar-refractivity contribution in [3.63, 3.8) is 0 Å². The van der Waals surface area contributed by atoms with Crippen LogP contribution in [0.15, 0.2) is 24.6 Å². The number of rotatable bonds is 4. The van der Waals surface area contributed by atoms with Gasteiger partial charge in [0.25, 0.3) is 0 Å². The summed E-state index contributed by atoms with van der Waals surface area (Å²) in [5, 5.41) is 0. The number of alkyl halides is 6. The first kappa shape index (κ1) is 25.1. The largest absolute Gasteiger partial charge is 0.480 e. The van der Waals surface area contributed by atoms with Crippen molar-refractivity contribution in [2.24, 2.45) is 0 Å². The van der Waals surface area contributed by atoms with Crippen LogP contribution in [0, 0.1) is 0 Å². The Balaban J connectivity index is 0. The zero-order valence-electron chi connectivity index (χ0n) is 12.9. The Kier molecular flexibility index (Phi) is 8.70. The molecule has 0 unspecified atom stereocenters. The van der Waals surface area contributed by atoms with E-state index in [-0.39, 0.29) is 0 Å². The van der Waals surface area contributed by atoms with Crippen LogP contribution in [0.2, 0.25) is 0 Å². The highest BCUT2D eigenvalue weighted by atomic mass is 32.3. The van der Waals surface area contributed by atoms with Gasteiger partial charge >= 0.3 is 11.0 Å². The number of allylic oxidation sites excluding steroid dienone is 2. The molecule has 6 nitrogen and oxygen atoms in total. The fourth-order valence-corrected chi connectivity index (χ4v) is 2.74. The molecule has 0 aromatic carbocycles. The van der Waals surface area contributed by atoms with Crippen LogP contribution in [-0.2, 0) is 20.0 Å². The van der Waals surface area contributed by atoms with Gasteiger partial charge in [0.1, 0.15) is 0 Å². The molecule has 0 N–H and O–H groups in total. The van der Waals surface area contributed by atoms with Gasteiger partial charge < -0.3 is 4.13 Å². The predicted octanol–water partition coefficient (Wildman–Crippen LogP) is 3.19. The molecule has 0 spiro atoms. The molecule has 0 amide bonds. The van der Waals surface area contributed by atoms with Crippen molar-refractivity contribution in [1.82, 2.24) is 0 Å². The molecule has 0 bridgehead atoms. The van der Waals surface area contributed by atoms with Crippen molar-refractivity contribution in [2.75, 3.05) is 14.1 Å². The molecule has 0 saturated heterocycles. The third-order valence-electron chi connectivity index (χ3n) is 1.85. The predicted molar refractivity (Wildman–Crippen MR) is 75.0 cm³/mol. The minimum Gasteiger partial charge on any atom is -0.421 e. The second-order valence-electron chi connectivity index (χ2n) is 4.51. The van der Waals surface area contributed by atoms with Crippen LogP contribution in [-0.4, -0.2) is 46.4 Å². The van der Waals surface area contributed by atoms with Gasteiger partial charge in [-0.3, -0.25) is 4.48 Å². The first-order valence-electron chi connectivity index (χ1n) is 5.81. The molecule has 0 rings (SSSR count). The molecule has 0 radical (unpaired) electrons. The maximum absolute atomic E-state index is 11.4. The normalized spacial score (nSPS) is 14.8. The zero-order chi connectivity index (χ0) is 20.0. The monoisotopic (exact) mass is 406 g/mol. The van der Waals surface area contributed by atoms with Gasteiger partial charge in [-0.15, -0.1) is 0 Å². The lowest BCUT2D eigenvalue weighted by atomic mass is 10.5. The van der Waals surface area contributed by atoms with Gasteiger partial charge in [-0.25, -0.2) is 16.8 Å². The summed E-state index contributed by atoms with van der Waals surface area (Å²) in [6.07, 6.45) is 8.36. The van der Waals surface area contributed by atoms with E-state index in [1.807, 2.05) is 13.8 Å². The van der Waals surface area contributed by atoms with E-state index in [2.05, 4.69) is 38.6 Å². The van der Waals surface area contributed by atoms with Crippen LogP contribution in [0.1, 0.15) is 13.8 Å². The number of hydrogen-bond acceptors (Lipinski definition) is 4. The third-order valence-corrected chi connectivity index (χ3v) is 4.59. The quantitative estimate of drug-likeness (QED) is 0.530. The Morgan fingerprint density at radius 3 is 1.17 bits per heavy atom. The summed E-state index contributed by atoms with van der Waals surface area (Å²) >= 11 is 0. The summed E-state index contributed by atoms with van der Waals surface area (Å²) in [6, 6.07) is 0. The first-order chi connectivity index (χ1) is 10.3. The van der Waals surface area contributed by atoms with Crippen LogP contribution < -0.4 is 0 Å². The molecule has 0 heterocycles. The third kappa shape index (κ3) is 8.65. The lowest BCUT2D eigenvalue weighted by molar-refractivity contribution is -0.784. The second-order valence-corrected chi connectivity index (χ2v) is 7.93. The van der Waals surface area contributed by atoms with E-state index in [0.717, 1.165) is 8.61 Å². The summed E-state index contributed by atoms with van der Waals surface area (Å²) in [5.41, 5.74) is -12.4. The minimum absolute atomic E-state index is 0.778. The van der Waals surface area contributed by atoms with Crippen molar-refractivity contribution in [2.45, 2.75) is 24.9 Å². The lowest BCUT2D eigenvalue weighted by Gasteiger charge is -2.22. The van der Waals surface area contributed by atoms with Crippen molar-refractivity contribution in [1.29, 1.82) is 0 Å². The molecular formula is C10H16F6N2O4S2. The standard InChI is InChI=1S/C8H16N.C2F6NO4S2/c1-5-7-9(3,4)8-6-2;3-1(4,5)14(10,11)9-15(12,13)2(6,7)8/h5-8H,1-4H3;/q+1;-1. The first-order valence-corrected chi connectivity index (χ1v) is 8.69. The summed E-state index contributed by atoms with van der Waals surface area (Å²) in [5.74, 6) is 0. The van der Waals surface area contributed by atoms with E-state index >= 15 is 0 Å². The Labute approximate surface area is 136 Å². The van der Waals surface area contributed by atoms with Crippen LogP contribution in [0.5, 0.6) is 0 Å². The van der Waals surface area contributed by atoms with E-state index in [0.29, 0.717) is 0 Å². The fourth-order valence-electron chi connectivity index (χ4n) is 1.03. The highest BCUT2D eigenvalue weighted by Crippen LogP contribution is 2.36. The molecule has 0 saturated carbocycles. The second kappa shape index (κ2) is 8.31. The summed E-state index contributed by atoms with van der Waals surface area (Å²) in [6.45, 7) is 4.06. The highest BCUT2D eigenvalue weighted by molar-refractivity contribution is 8.13. The maximum atomic E-state index is 11.4. The molecule has 14 heteroatoms. The number of sulfonamides is 2. The molecule has 0 aliphatic carbocycles. The Morgan fingerprint density at radius 1 is 0.750 bits per heavy atom. The van der Waals surface area contributed by atoms with E-state index in [1.54, 1.807) is 0 Å². The van der Waals surface area contributed by atoms with Gasteiger partial charge in [-0.2, -0.15) is 26.3 Å². The van der Waals surface area contributed by atoms with Gasteiger partial charge in [0.15, 0.2) is 20.0 Å². The summed E-state index contributed by atoms with van der Waals surface area (Å²) in [7, 11) is -9.19. The SMILES string of the molecule is CC=C[N+](C)(C)C=CC.O=S(=O)([N-]S(=O)(=O)C(F)(F)F)C(F)(F)F. The van der Waals surface area contributed by atoms with Crippen LogP contribution >= 0.6 is 0 Å². The van der Waals surface area contributed by atoms with Gasteiger partial charge in [0, 0.05) is 0 Å². The molecule has 24 heavy (non-hydrogen) atoms. The molecular weight excluding hydrogens is 390 g/mol. The number of quaternary nitrogens is 1. The average molecular weight is 406 g/mol. The molecule has 0 aliphatic rings. The summed E-state index contributed by atoms with van der Waals surface area (Å²) < 4.78 is 110. The van der Waals surface area contributed by atoms with Crippen molar-refractivity contribution in [3.8, 4) is 0 Å². The number of halogens is 6. The number of nitrogens with zero attached hydrogens (tertiary/aromatic N) is 2. The van der Waals surface area contributed by atoms with E-state index in [4.69, 9.17) is 0 Å². The van der Waals surface area contributed by atoms with Crippen molar-refractivity contribution < 1.29 is 47.7 Å². The fraction of sp³-hybridized carbons (Fsp3) is 0.600. The van der Waals surface area contributed by atoms with Gasteiger partial charge in [0.05, 0.1) is 26.5 Å². The molecule has 0 atom stereocenters. The van der Waals surface area contributed by atoms with Gasteiger partial charge in [-0.1, -0.05) is 0 Å². The van der Waals surface area contributed by atoms with Crippen molar-refractivity contribution in [3.05, 3.63) is 28.7 Å². The van der Waals surface area contributed by atoms with E-state index in [1.165, 1.54) is 0 Å². The Bertz CT molecular complexity index is 604. The van der Waals surface area contributed by atoms with Crippen LogP contribution in [0.25, 0.3) is 4.13 Å². The maximum Gasteiger partial charge on any atom is 0.480 e. The highest BCUT2D eigenvalue weighted by Gasteiger charge is 2.46. The zero-order valence-corrected chi connectivity index (χ0v) is 14.6. The lowest BCUT2D eigenvalue weighted by Crippen LogP contribution is -2.30. The van der Waals surface area contributed by atoms with Crippen LogP contribution in [0.3, 0.4) is 0 Å². The molecule has 0 aliphatic heterocycles. The topological polar surface area (TPSA) is 82.4 Å². The molecule has 0 aromatic rings. The van der Waals surface area contributed by atoms with Crippen molar-refractivity contribution >= 4 is 20.0 Å². The van der Waals surface area contributed by atoms with E-state index < -0.39 is 31.1 Å². The molecule has 0 aromatic heterocycles. The molecule has 144 valence electrons. The average Bonchev–Trinajstić information content (AvgIpc) is 2.24. The van der Waals surface area contributed by atoms with E-state index in [9.17, 15) is 43.2 Å². The Morgan fingerprint density at radius 2 is 1.00 bits per heavy atom. The van der Waals surface area contributed by atoms with Crippen LogP contribution in [0.4, 0.5) is 26.3 Å². The molecule has 0 fully saturated rings. The summed E-state index contributed by atoms with van der Waals surface area (Å²) in [4.78, 5) is 0. The Hall–Kier alpha value is -1.12. The minimum atomic E-state index is -6.72. The van der Waals surface area contributed by atoms with Gasteiger partial charge in [-0.05, 0) is 26.0 Å². The smallest absolute Gasteiger partial charge is 0.421 e. The number of hydrogen-bond donors (Lipinski definition) is 0. The van der Waals surface area contributed by atoms with Gasteiger partial charge in [0.2, 0.25) is 0 Å².